The second-order valence-corrected chi connectivity index (χ2v) is 9.63. The number of aliphatic hydroxyl groups is 1. The molecule has 2 aliphatic rings. The van der Waals surface area contributed by atoms with Crippen molar-refractivity contribution in [1.82, 2.24) is 14.8 Å². The average Bonchev–Trinajstić information content (AvgIpc) is 2.88. The fourth-order valence-electron chi connectivity index (χ4n) is 4.64. The predicted octanol–water partition coefficient (Wildman–Crippen LogP) is 3.67. The largest absolute Gasteiger partial charge is 0.486 e. The molecule has 3 aromatic rings. The number of β-amino-alcohol motifs (C(OH)–C–C–N with tert-alkyl or cyclic N) is 1. The number of methoxy groups -OCH3 is 1. The van der Waals surface area contributed by atoms with Crippen molar-refractivity contribution in [3.63, 3.8) is 0 Å². The van der Waals surface area contributed by atoms with Gasteiger partial charge in [0, 0.05) is 60.8 Å². The molecule has 1 unspecified atom stereocenters. The molecular weight excluding hydrogens is 498 g/mol. The highest BCUT2D eigenvalue weighted by Crippen LogP contribution is 2.32. The molecule has 8 heteroatoms. The topological polar surface area (TPSA) is 67.3 Å². The van der Waals surface area contributed by atoms with Crippen LogP contribution in [0.15, 0.2) is 46.9 Å². The lowest BCUT2D eigenvalue weighted by atomic mass is 10.0. The highest BCUT2D eigenvalue weighted by Gasteiger charge is 2.22. The predicted molar refractivity (Wildman–Crippen MR) is 135 cm³/mol. The van der Waals surface area contributed by atoms with Gasteiger partial charge in [0.05, 0.1) is 18.7 Å². The molecule has 0 saturated carbocycles. The quantitative estimate of drug-likeness (QED) is 0.502. The van der Waals surface area contributed by atoms with E-state index in [0.29, 0.717) is 25.6 Å². The number of aliphatic hydroxyl groups excluding tert-OH is 1. The number of aromatic nitrogens is 1. The van der Waals surface area contributed by atoms with E-state index >= 15 is 0 Å². The number of benzene rings is 2. The summed E-state index contributed by atoms with van der Waals surface area (Å²) in [6, 6.07) is 14.0. The third-order valence-corrected chi connectivity index (χ3v) is 7.29. The number of nitrogens with zero attached hydrogens (tertiary/aromatic N) is 3. The lowest BCUT2D eigenvalue weighted by Crippen LogP contribution is -2.47. The summed E-state index contributed by atoms with van der Waals surface area (Å²) < 4.78 is 17.6. The van der Waals surface area contributed by atoms with Gasteiger partial charge in [-0.25, -0.2) is 4.98 Å². The summed E-state index contributed by atoms with van der Waals surface area (Å²) in [5, 5.41) is 12.0. The molecule has 7 nitrogen and oxygen atoms in total. The van der Waals surface area contributed by atoms with Crippen LogP contribution in [0.5, 0.6) is 17.4 Å². The smallest absolute Gasteiger partial charge is 0.213 e. The molecule has 0 spiro atoms. The number of fused-ring (bicyclic) bond motifs is 2. The van der Waals surface area contributed by atoms with E-state index in [9.17, 15) is 5.11 Å². The van der Waals surface area contributed by atoms with Gasteiger partial charge in [-0.05, 0) is 36.2 Å². The maximum Gasteiger partial charge on any atom is 0.213 e. The molecule has 0 aliphatic carbocycles. The van der Waals surface area contributed by atoms with E-state index in [2.05, 4.69) is 42.8 Å². The molecular formula is C26H30BrN3O4. The summed E-state index contributed by atoms with van der Waals surface area (Å²) in [7, 11) is 1.61. The monoisotopic (exact) mass is 527 g/mol. The fraction of sp³-hybridized carbons (Fsp3) is 0.423. The Morgan fingerprint density at radius 2 is 1.76 bits per heavy atom. The molecule has 1 aromatic heterocycles. The van der Waals surface area contributed by atoms with Crippen LogP contribution in [0, 0.1) is 0 Å². The zero-order chi connectivity index (χ0) is 23.5. The Kier molecular flexibility index (Phi) is 7.20. The number of ether oxygens (including phenoxy) is 3. The van der Waals surface area contributed by atoms with Crippen molar-refractivity contribution in [1.29, 1.82) is 0 Å². The maximum absolute atomic E-state index is 11.1. The average molecular weight is 528 g/mol. The van der Waals surface area contributed by atoms with Crippen LogP contribution in [0.1, 0.15) is 17.2 Å². The van der Waals surface area contributed by atoms with Gasteiger partial charge in [0.25, 0.3) is 0 Å². The minimum atomic E-state index is -0.612. The lowest BCUT2D eigenvalue weighted by Gasteiger charge is -2.35. The third-order valence-electron chi connectivity index (χ3n) is 6.60. The molecule has 2 aromatic carbocycles. The molecule has 0 radical (unpaired) electrons. The van der Waals surface area contributed by atoms with Gasteiger partial charge in [-0.1, -0.05) is 28.1 Å². The normalized spacial score (nSPS) is 17.6. The van der Waals surface area contributed by atoms with Crippen molar-refractivity contribution in [2.75, 3.05) is 59.6 Å². The van der Waals surface area contributed by atoms with E-state index in [0.717, 1.165) is 71.6 Å². The number of hydrogen-bond donors (Lipinski definition) is 1. The molecule has 3 heterocycles. The first-order valence-electron chi connectivity index (χ1n) is 11.7. The molecule has 5 rings (SSSR count). The van der Waals surface area contributed by atoms with Crippen LogP contribution in [-0.2, 0) is 6.42 Å². The van der Waals surface area contributed by atoms with Crippen LogP contribution >= 0.6 is 15.9 Å². The zero-order valence-electron chi connectivity index (χ0n) is 19.4. The Morgan fingerprint density at radius 1 is 1.00 bits per heavy atom. The summed E-state index contributed by atoms with van der Waals surface area (Å²) in [6.07, 6.45) is 0.372. The van der Waals surface area contributed by atoms with Crippen molar-refractivity contribution in [3.8, 4) is 17.4 Å². The van der Waals surface area contributed by atoms with E-state index in [4.69, 9.17) is 14.2 Å². The fourth-order valence-corrected chi connectivity index (χ4v) is 5.09. The van der Waals surface area contributed by atoms with Crippen molar-refractivity contribution < 1.29 is 19.3 Å². The molecule has 2 aliphatic heterocycles. The second kappa shape index (κ2) is 10.5. The van der Waals surface area contributed by atoms with Gasteiger partial charge in [0.1, 0.15) is 13.2 Å². The van der Waals surface area contributed by atoms with E-state index in [1.807, 2.05) is 30.3 Å². The van der Waals surface area contributed by atoms with Crippen molar-refractivity contribution in [2.24, 2.45) is 0 Å². The first kappa shape index (κ1) is 23.4. The Balaban J connectivity index is 1.16. The first-order chi connectivity index (χ1) is 16.6. The van der Waals surface area contributed by atoms with Crippen molar-refractivity contribution in [3.05, 3.63) is 58.1 Å². The Morgan fingerprint density at radius 3 is 2.56 bits per heavy atom. The van der Waals surface area contributed by atoms with Gasteiger partial charge in [-0.2, -0.15) is 0 Å². The van der Waals surface area contributed by atoms with E-state index < -0.39 is 6.10 Å². The van der Waals surface area contributed by atoms with E-state index in [-0.39, 0.29) is 0 Å². The molecule has 1 fully saturated rings. The number of halogens is 1. The highest BCUT2D eigenvalue weighted by molar-refractivity contribution is 9.10. The van der Waals surface area contributed by atoms with Crippen LogP contribution in [0.3, 0.4) is 0 Å². The standard InChI is InChI=1S/C26H30BrN3O4/c1-32-25-7-4-19-21(27)5-3-20(26(19)28-25)22(31)17-30-12-10-29(11-13-30)9-8-18-2-6-23-24(16-18)34-15-14-33-23/h2-7,16,22,31H,8-15,17H2,1H3. The van der Waals surface area contributed by atoms with Gasteiger partial charge in [-0.15, -0.1) is 0 Å². The number of piperazine rings is 1. The third kappa shape index (κ3) is 5.15. The van der Waals surface area contributed by atoms with Gasteiger partial charge >= 0.3 is 0 Å². The minimum Gasteiger partial charge on any atom is -0.486 e. The Bertz CT molecular complexity index is 1150. The van der Waals surface area contributed by atoms with Gasteiger partial charge < -0.3 is 24.2 Å². The Hall–Kier alpha value is -2.39. The summed E-state index contributed by atoms with van der Waals surface area (Å²) in [6.45, 7) is 6.68. The number of rotatable bonds is 7. The van der Waals surface area contributed by atoms with E-state index in [1.54, 1.807) is 7.11 Å². The van der Waals surface area contributed by atoms with Crippen molar-refractivity contribution >= 4 is 26.8 Å². The summed E-state index contributed by atoms with van der Waals surface area (Å²) in [5.74, 6) is 2.25. The summed E-state index contributed by atoms with van der Waals surface area (Å²) >= 11 is 3.59. The van der Waals surface area contributed by atoms with Crippen LogP contribution < -0.4 is 14.2 Å². The molecule has 1 N–H and O–H groups in total. The van der Waals surface area contributed by atoms with Gasteiger partial charge in [0.15, 0.2) is 11.5 Å². The van der Waals surface area contributed by atoms with E-state index in [1.165, 1.54) is 5.56 Å². The zero-order valence-corrected chi connectivity index (χ0v) is 21.0. The van der Waals surface area contributed by atoms with Crippen molar-refractivity contribution in [2.45, 2.75) is 12.5 Å². The Labute approximate surface area is 208 Å². The second-order valence-electron chi connectivity index (χ2n) is 8.77. The van der Waals surface area contributed by atoms with Gasteiger partial charge in [0.2, 0.25) is 5.88 Å². The lowest BCUT2D eigenvalue weighted by molar-refractivity contribution is 0.0735. The molecule has 0 amide bonds. The summed E-state index contributed by atoms with van der Waals surface area (Å²) in [5.41, 5.74) is 2.88. The minimum absolute atomic E-state index is 0.547. The summed E-state index contributed by atoms with van der Waals surface area (Å²) in [4.78, 5) is 9.42. The van der Waals surface area contributed by atoms with Crippen LogP contribution in [0.25, 0.3) is 10.9 Å². The number of hydrogen-bond acceptors (Lipinski definition) is 7. The molecule has 180 valence electrons. The van der Waals surface area contributed by atoms with Crippen LogP contribution in [0.4, 0.5) is 0 Å². The highest BCUT2D eigenvalue weighted by atomic mass is 79.9. The maximum atomic E-state index is 11.1. The SMILES string of the molecule is COc1ccc2c(Br)ccc(C(O)CN3CCN(CCc4ccc5c(c4)OCCO5)CC3)c2n1. The van der Waals surface area contributed by atoms with Crippen LogP contribution in [0.2, 0.25) is 0 Å². The molecule has 0 bridgehead atoms. The van der Waals surface area contributed by atoms with Gasteiger partial charge in [-0.3, -0.25) is 4.90 Å². The molecule has 1 saturated heterocycles. The van der Waals surface area contributed by atoms with Crippen LogP contribution in [-0.4, -0.2) is 79.5 Å². The molecule has 34 heavy (non-hydrogen) atoms. The first-order valence-corrected chi connectivity index (χ1v) is 12.5. The molecule has 1 atom stereocenters. The number of pyridine rings is 1.